The van der Waals surface area contributed by atoms with Crippen molar-refractivity contribution in [1.82, 2.24) is 4.90 Å². The highest BCUT2D eigenvalue weighted by atomic mass is 35.5. The van der Waals surface area contributed by atoms with Crippen molar-refractivity contribution < 1.29 is 32.6 Å². The Kier molecular flexibility index (Phi) is 8.26. The number of carbonyl (C=O) groups excluding carboxylic acids is 1. The van der Waals surface area contributed by atoms with Gasteiger partial charge < -0.3 is 19.5 Å². The fourth-order valence-electron chi connectivity index (χ4n) is 4.62. The fourth-order valence-corrected chi connectivity index (χ4v) is 6.76. The monoisotopic (exact) mass is 555 g/mol. The predicted molar refractivity (Wildman–Crippen MR) is 135 cm³/mol. The highest BCUT2D eigenvalue weighted by Gasteiger charge is 2.48. The van der Waals surface area contributed by atoms with Crippen molar-refractivity contribution in [2.75, 3.05) is 19.0 Å². The first-order chi connectivity index (χ1) is 17.1. The number of carboxylic acids is 1. The van der Waals surface area contributed by atoms with Crippen molar-refractivity contribution in [3.8, 4) is 0 Å². The zero-order valence-electron chi connectivity index (χ0n) is 19.5. The molecule has 0 aliphatic carbocycles. The van der Waals surface area contributed by atoms with Gasteiger partial charge in [-0.05, 0) is 41.8 Å². The maximum absolute atomic E-state index is 13.8. The number of benzene rings is 2. The van der Waals surface area contributed by atoms with Gasteiger partial charge in [-0.25, -0.2) is 8.42 Å². The maximum atomic E-state index is 13.8. The van der Waals surface area contributed by atoms with E-state index in [0.29, 0.717) is 27.6 Å². The van der Waals surface area contributed by atoms with Gasteiger partial charge in [-0.1, -0.05) is 54.4 Å². The Bertz CT molecular complexity index is 1220. The summed E-state index contributed by atoms with van der Waals surface area (Å²) in [6, 6.07) is 12.3. The zero-order valence-corrected chi connectivity index (χ0v) is 21.9. The molecule has 2 heterocycles. The molecule has 36 heavy (non-hydrogen) atoms. The average molecular weight is 556 g/mol. The van der Waals surface area contributed by atoms with Crippen molar-refractivity contribution in [2.45, 2.75) is 49.3 Å². The molecule has 11 heteroatoms. The lowest BCUT2D eigenvalue weighted by Crippen LogP contribution is -2.57. The van der Waals surface area contributed by atoms with E-state index in [1.54, 1.807) is 55.5 Å². The Hall–Kier alpha value is -2.17. The van der Waals surface area contributed by atoms with Gasteiger partial charge in [0.25, 0.3) is 5.91 Å². The molecule has 2 aliphatic rings. The van der Waals surface area contributed by atoms with Crippen LogP contribution in [0.15, 0.2) is 48.5 Å². The minimum atomic E-state index is -3.57. The first-order valence-electron chi connectivity index (χ1n) is 11.6. The van der Waals surface area contributed by atoms with Crippen LogP contribution in [0.25, 0.3) is 0 Å². The molecule has 0 radical (unpaired) electrons. The Morgan fingerprint density at radius 1 is 1.11 bits per heavy atom. The van der Waals surface area contributed by atoms with Gasteiger partial charge in [0.05, 0.1) is 31.4 Å². The Balaban J connectivity index is 1.83. The molecule has 0 unspecified atom stereocenters. The van der Waals surface area contributed by atoms with Gasteiger partial charge in [0.2, 0.25) is 0 Å². The van der Waals surface area contributed by atoms with Crippen LogP contribution in [0.3, 0.4) is 0 Å². The van der Waals surface area contributed by atoms with Crippen LogP contribution in [0.5, 0.6) is 0 Å². The van der Waals surface area contributed by atoms with Gasteiger partial charge in [0.1, 0.15) is 17.5 Å². The van der Waals surface area contributed by atoms with Crippen molar-refractivity contribution in [1.29, 1.82) is 0 Å². The smallest absolute Gasteiger partial charge is 0.306 e. The minimum absolute atomic E-state index is 0.128. The molecule has 4 rings (SSSR count). The summed E-state index contributed by atoms with van der Waals surface area (Å²) in [5.41, 5.74) is 1.31. The van der Waals surface area contributed by atoms with Gasteiger partial charge in [-0.2, -0.15) is 0 Å². The number of morpholine rings is 1. The number of rotatable bonds is 9. The molecule has 0 saturated carbocycles. The van der Waals surface area contributed by atoms with Crippen molar-refractivity contribution in [3.05, 3.63) is 69.7 Å². The average Bonchev–Trinajstić information content (AvgIpc) is 2.77. The first kappa shape index (κ1) is 26.9. The number of aliphatic carboxylic acids is 1. The number of halogens is 2. The summed E-state index contributed by atoms with van der Waals surface area (Å²) < 4.78 is 37.4. The van der Waals surface area contributed by atoms with E-state index in [4.69, 9.17) is 32.7 Å². The van der Waals surface area contributed by atoms with E-state index in [2.05, 4.69) is 0 Å². The van der Waals surface area contributed by atoms with Crippen LogP contribution in [0.2, 0.25) is 10.0 Å². The summed E-state index contributed by atoms with van der Waals surface area (Å²) >= 11 is 12.4. The summed E-state index contributed by atoms with van der Waals surface area (Å²) in [6.07, 6.45) is -2.31. The van der Waals surface area contributed by atoms with Crippen molar-refractivity contribution in [2.24, 2.45) is 0 Å². The number of amides is 1. The molecule has 0 aromatic heterocycles. The molecule has 4 atom stereocenters. The van der Waals surface area contributed by atoms with Crippen LogP contribution in [0.4, 0.5) is 0 Å². The third kappa shape index (κ3) is 5.70. The van der Waals surface area contributed by atoms with E-state index in [9.17, 15) is 23.1 Å². The number of ether oxygens (including phenoxy) is 2. The number of nitrogens with zero attached hydrogens (tertiary/aromatic N) is 1. The number of hydrogen-bond acceptors (Lipinski definition) is 6. The van der Waals surface area contributed by atoms with Crippen molar-refractivity contribution >= 4 is 44.9 Å². The van der Waals surface area contributed by atoms with Gasteiger partial charge in [0, 0.05) is 16.1 Å². The Morgan fingerprint density at radius 2 is 1.81 bits per heavy atom. The third-order valence-electron chi connectivity index (χ3n) is 6.58. The molecule has 2 saturated heterocycles. The van der Waals surface area contributed by atoms with Crippen LogP contribution in [-0.2, 0) is 28.9 Å². The first-order valence-corrected chi connectivity index (χ1v) is 14.1. The normalized spacial score (nSPS) is 23.8. The fraction of sp³-hybridized carbons (Fsp3) is 0.440. The van der Waals surface area contributed by atoms with Crippen molar-refractivity contribution in [3.63, 3.8) is 0 Å². The Morgan fingerprint density at radius 3 is 2.36 bits per heavy atom. The highest BCUT2D eigenvalue weighted by Crippen LogP contribution is 2.45. The van der Waals surface area contributed by atoms with E-state index >= 15 is 0 Å². The maximum Gasteiger partial charge on any atom is 0.306 e. The van der Waals surface area contributed by atoms with E-state index in [-0.39, 0.29) is 19.0 Å². The van der Waals surface area contributed by atoms with E-state index in [1.165, 1.54) is 4.90 Å². The second kappa shape index (κ2) is 11.1. The SMILES string of the molecule is CC[C@@H](CS(=O)(=O)C1COC1)N1C(=O)[C@@H](CC(=O)O)O[C@H](c2cccc(Cl)c2)[C@H]1c1ccc(Cl)cc1. The molecule has 0 bridgehead atoms. The summed E-state index contributed by atoms with van der Waals surface area (Å²) in [4.78, 5) is 26.9. The molecule has 0 spiro atoms. The lowest BCUT2D eigenvalue weighted by Gasteiger charge is -2.48. The number of sulfone groups is 1. The molecule has 2 aromatic carbocycles. The van der Waals surface area contributed by atoms with Gasteiger partial charge in [-0.15, -0.1) is 0 Å². The van der Waals surface area contributed by atoms with Gasteiger partial charge >= 0.3 is 5.97 Å². The Labute approximate surface area is 220 Å². The van der Waals surface area contributed by atoms with Crippen LogP contribution in [-0.4, -0.2) is 66.7 Å². The summed E-state index contributed by atoms with van der Waals surface area (Å²) in [6.45, 7) is 2.06. The second-order valence-electron chi connectivity index (χ2n) is 8.99. The summed E-state index contributed by atoms with van der Waals surface area (Å²) in [5, 5.41) is 9.81. The molecular formula is C25H27Cl2NO7S. The summed E-state index contributed by atoms with van der Waals surface area (Å²) in [7, 11) is -3.57. The zero-order chi connectivity index (χ0) is 26.0. The lowest BCUT2D eigenvalue weighted by atomic mass is 9.89. The predicted octanol–water partition coefficient (Wildman–Crippen LogP) is 4.07. The topological polar surface area (TPSA) is 110 Å². The molecule has 2 aromatic rings. The number of carbonyl (C=O) groups is 2. The molecular weight excluding hydrogens is 529 g/mol. The van der Waals surface area contributed by atoms with Crippen LogP contribution < -0.4 is 0 Å². The molecule has 2 fully saturated rings. The molecule has 1 N–H and O–H groups in total. The number of carboxylic acid groups (broad SMARTS) is 1. The third-order valence-corrected chi connectivity index (χ3v) is 9.21. The molecule has 8 nitrogen and oxygen atoms in total. The van der Waals surface area contributed by atoms with Gasteiger partial charge in [-0.3, -0.25) is 9.59 Å². The van der Waals surface area contributed by atoms with Crippen LogP contribution in [0.1, 0.15) is 43.0 Å². The van der Waals surface area contributed by atoms with Crippen LogP contribution in [0, 0.1) is 0 Å². The van der Waals surface area contributed by atoms with E-state index < -0.39 is 57.7 Å². The molecule has 2 aliphatic heterocycles. The van der Waals surface area contributed by atoms with Crippen LogP contribution >= 0.6 is 23.2 Å². The quantitative estimate of drug-likeness (QED) is 0.496. The highest BCUT2D eigenvalue weighted by molar-refractivity contribution is 7.92. The molecule has 194 valence electrons. The largest absolute Gasteiger partial charge is 0.481 e. The van der Waals surface area contributed by atoms with E-state index in [0.717, 1.165) is 0 Å². The standard InChI is InChI=1S/C25H27Cl2NO7S/c1-2-19(14-36(32,33)20-12-34-13-20)28-23(15-6-8-17(26)9-7-15)24(16-4-3-5-18(27)10-16)35-21(25(28)31)11-22(29)30/h3-10,19-21,23-24H,2,11-14H2,1H3,(H,29,30)/t19-,21+,23+,24+/m0/s1. The molecule has 1 amide bonds. The minimum Gasteiger partial charge on any atom is -0.481 e. The van der Waals surface area contributed by atoms with Gasteiger partial charge in [0.15, 0.2) is 9.84 Å². The lowest BCUT2D eigenvalue weighted by molar-refractivity contribution is -0.182. The number of hydrogen-bond donors (Lipinski definition) is 1. The summed E-state index contributed by atoms with van der Waals surface area (Å²) in [5.74, 6) is -2.03. The second-order valence-corrected chi connectivity index (χ2v) is 12.2. The van der Waals surface area contributed by atoms with E-state index in [1.807, 2.05) is 0 Å².